The Labute approximate surface area is 107 Å². The number of nitrogens with two attached hydrogens (primary N) is 1. The standard InChI is InChI=1S/C13H20N2O3/c1-9-7-15(8-13(2,3)18-9)12(16)11-5-4-10(6-14)17-11/h4-5,9H,6-8,14H2,1-3H3/t9-/m1/s1. The van der Waals surface area contributed by atoms with Gasteiger partial charge in [-0.25, -0.2) is 0 Å². The first-order valence-electron chi connectivity index (χ1n) is 6.17. The van der Waals surface area contributed by atoms with E-state index in [1.807, 2.05) is 20.8 Å². The first-order valence-corrected chi connectivity index (χ1v) is 6.17. The lowest BCUT2D eigenvalue weighted by Gasteiger charge is -2.41. The summed E-state index contributed by atoms with van der Waals surface area (Å²) in [6.45, 7) is 7.38. The van der Waals surface area contributed by atoms with Crippen LogP contribution >= 0.6 is 0 Å². The Morgan fingerprint density at radius 1 is 1.56 bits per heavy atom. The minimum absolute atomic E-state index is 0.0293. The van der Waals surface area contributed by atoms with Gasteiger partial charge in [0.05, 0.1) is 18.2 Å². The molecule has 0 aliphatic carbocycles. The molecule has 1 saturated heterocycles. The third-order valence-corrected chi connectivity index (χ3v) is 2.93. The SMILES string of the molecule is C[C@@H]1CN(C(=O)c2ccc(CN)o2)CC(C)(C)O1. The van der Waals surface area contributed by atoms with Crippen molar-refractivity contribution in [3.05, 3.63) is 23.7 Å². The molecule has 1 amide bonds. The Balaban J connectivity index is 2.13. The van der Waals surface area contributed by atoms with Gasteiger partial charge in [0.25, 0.3) is 5.91 Å². The molecule has 5 heteroatoms. The second-order valence-corrected chi connectivity index (χ2v) is 5.34. The van der Waals surface area contributed by atoms with Crippen molar-refractivity contribution in [3.8, 4) is 0 Å². The third kappa shape index (κ3) is 2.73. The molecule has 1 aliphatic rings. The van der Waals surface area contributed by atoms with Crippen molar-refractivity contribution in [1.82, 2.24) is 4.90 Å². The molecule has 1 atom stereocenters. The van der Waals surface area contributed by atoms with Crippen molar-refractivity contribution in [2.45, 2.75) is 39.0 Å². The minimum atomic E-state index is -0.323. The zero-order valence-corrected chi connectivity index (χ0v) is 11.1. The van der Waals surface area contributed by atoms with E-state index in [9.17, 15) is 4.79 Å². The van der Waals surface area contributed by atoms with Crippen molar-refractivity contribution < 1.29 is 13.9 Å². The fraction of sp³-hybridized carbons (Fsp3) is 0.615. The van der Waals surface area contributed by atoms with E-state index in [0.29, 0.717) is 31.2 Å². The van der Waals surface area contributed by atoms with E-state index in [1.54, 1.807) is 17.0 Å². The predicted octanol–water partition coefficient (Wildman–Crippen LogP) is 1.38. The van der Waals surface area contributed by atoms with Gasteiger partial charge in [0.2, 0.25) is 0 Å². The fourth-order valence-corrected chi connectivity index (χ4v) is 2.37. The third-order valence-electron chi connectivity index (χ3n) is 2.93. The molecule has 0 bridgehead atoms. The molecule has 100 valence electrons. The molecule has 1 aromatic rings. The van der Waals surface area contributed by atoms with Gasteiger partial charge in [0, 0.05) is 13.1 Å². The molecular weight excluding hydrogens is 232 g/mol. The molecule has 1 aromatic heterocycles. The number of hydrogen-bond acceptors (Lipinski definition) is 4. The van der Waals surface area contributed by atoms with Crippen molar-refractivity contribution in [2.24, 2.45) is 5.73 Å². The number of nitrogens with zero attached hydrogens (tertiary/aromatic N) is 1. The topological polar surface area (TPSA) is 68.7 Å². The summed E-state index contributed by atoms with van der Waals surface area (Å²) in [5.41, 5.74) is 5.15. The molecule has 2 heterocycles. The van der Waals surface area contributed by atoms with Crippen LogP contribution in [0.1, 0.15) is 37.1 Å². The molecule has 0 radical (unpaired) electrons. The van der Waals surface area contributed by atoms with Crippen LogP contribution in [0.2, 0.25) is 0 Å². The average molecular weight is 252 g/mol. The Kier molecular flexibility index (Phi) is 3.45. The normalized spacial score (nSPS) is 23.1. The second-order valence-electron chi connectivity index (χ2n) is 5.34. The number of amides is 1. The van der Waals surface area contributed by atoms with E-state index < -0.39 is 0 Å². The highest BCUT2D eigenvalue weighted by Gasteiger charge is 2.34. The van der Waals surface area contributed by atoms with Crippen molar-refractivity contribution in [2.75, 3.05) is 13.1 Å². The first-order chi connectivity index (χ1) is 8.41. The van der Waals surface area contributed by atoms with Crippen molar-refractivity contribution in [3.63, 3.8) is 0 Å². The maximum atomic E-state index is 12.3. The van der Waals surface area contributed by atoms with Crippen molar-refractivity contribution >= 4 is 5.91 Å². The van der Waals surface area contributed by atoms with Crippen LogP contribution in [0, 0.1) is 0 Å². The molecule has 0 unspecified atom stereocenters. The van der Waals surface area contributed by atoms with E-state index in [1.165, 1.54) is 0 Å². The average Bonchev–Trinajstić information content (AvgIpc) is 2.73. The molecule has 2 rings (SSSR count). The summed E-state index contributed by atoms with van der Waals surface area (Å²) in [5, 5.41) is 0. The molecular formula is C13H20N2O3. The van der Waals surface area contributed by atoms with Crippen LogP contribution in [-0.4, -0.2) is 35.6 Å². The highest BCUT2D eigenvalue weighted by Crippen LogP contribution is 2.22. The monoisotopic (exact) mass is 252 g/mol. The van der Waals surface area contributed by atoms with Gasteiger partial charge >= 0.3 is 0 Å². The highest BCUT2D eigenvalue weighted by atomic mass is 16.5. The quantitative estimate of drug-likeness (QED) is 0.863. The molecule has 5 nitrogen and oxygen atoms in total. The number of ether oxygens (including phenoxy) is 1. The summed E-state index contributed by atoms with van der Waals surface area (Å²) < 4.78 is 11.2. The Morgan fingerprint density at radius 3 is 2.83 bits per heavy atom. The molecule has 0 spiro atoms. The number of carbonyl (C=O) groups is 1. The van der Waals surface area contributed by atoms with Gasteiger partial charge in [0.15, 0.2) is 5.76 Å². The fourth-order valence-electron chi connectivity index (χ4n) is 2.37. The lowest BCUT2D eigenvalue weighted by atomic mass is 10.1. The van der Waals surface area contributed by atoms with E-state index in [2.05, 4.69) is 0 Å². The molecule has 1 fully saturated rings. The summed E-state index contributed by atoms with van der Waals surface area (Å²) in [5.74, 6) is 0.872. The van der Waals surface area contributed by atoms with Crippen LogP contribution in [-0.2, 0) is 11.3 Å². The summed E-state index contributed by atoms with van der Waals surface area (Å²) in [7, 11) is 0. The number of furan rings is 1. The maximum absolute atomic E-state index is 12.3. The molecule has 18 heavy (non-hydrogen) atoms. The van der Waals surface area contributed by atoms with Crippen LogP contribution in [0.3, 0.4) is 0 Å². The predicted molar refractivity (Wildman–Crippen MR) is 67.1 cm³/mol. The van der Waals surface area contributed by atoms with Crippen LogP contribution < -0.4 is 5.73 Å². The lowest BCUT2D eigenvalue weighted by molar-refractivity contribution is -0.119. The summed E-state index contributed by atoms with van der Waals surface area (Å²) in [6.07, 6.45) is 0.0293. The number of morpholine rings is 1. The van der Waals surface area contributed by atoms with Gasteiger partial charge in [-0.3, -0.25) is 4.79 Å². The van der Waals surface area contributed by atoms with E-state index in [0.717, 1.165) is 0 Å². The highest BCUT2D eigenvalue weighted by molar-refractivity contribution is 5.91. The van der Waals surface area contributed by atoms with Gasteiger partial charge in [-0.05, 0) is 32.9 Å². The Hall–Kier alpha value is -1.33. The van der Waals surface area contributed by atoms with Gasteiger partial charge in [-0.2, -0.15) is 0 Å². The van der Waals surface area contributed by atoms with Crippen LogP contribution in [0.5, 0.6) is 0 Å². The van der Waals surface area contributed by atoms with Gasteiger partial charge < -0.3 is 19.8 Å². The zero-order chi connectivity index (χ0) is 13.3. The van der Waals surface area contributed by atoms with E-state index in [4.69, 9.17) is 14.9 Å². The van der Waals surface area contributed by atoms with Gasteiger partial charge in [-0.1, -0.05) is 0 Å². The summed E-state index contributed by atoms with van der Waals surface area (Å²) >= 11 is 0. The van der Waals surface area contributed by atoms with Gasteiger partial charge in [-0.15, -0.1) is 0 Å². The lowest BCUT2D eigenvalue weighted by Crippen LogP contribution is -2.53. The van der Waals surface area contributed by atoms with Crippen molar-refractivity contribution in [1.29, 1.82) is 0 Å². The number of carbonyl (C=O) groups excluding carboxylic acids is 1. The van der Waals surface area contributed by atoms with Crippen LogP contribution in [0.25, 0.3) is 0 Å². The smallest absolute Gasteiger partial charge is 0.289 e. The van der Waals surface area contributed by atoms with Crippen LogP contribution in [0.15, 0.2) is 16.5 Å². The number of rotatable bonds is 2. The maximum Gasteiger partial charge on any atom is 0.289 e. The molecule has 2 N–H and O–H groups in total. The van der Waals surface area contributed by atoms with E-state index >= 15 is 0 Å². The Morgan fingerprint density at radius 2 is 2.28 bits per heavy atom. The van der Waals surface area contributed by atoms with Crippen LogP contribution in [0.4, 0.5) is 0 Å². The number of hydrogen-bond donors (Lipinski definition) is 1. The second kappa shape index (κ2) is 4.74. The molecule has 0 aromatic carbocycles. The molecule has 0 saturated carbocycles. The minimum Gasteiger partial charge on any atom is -0.455 e. The molecule has 1 aliphatic heterocycles. The summed E-state index contributed by atoms with van der Waals surface area (Å²) in [4.78, 5) is 14.1. The largest absolute Gasteiger partial charge is 0.455 e. The van der Waals surface area contributed by atoms with Gasteiger partial charge in [0.1, 0.15) is 5.76 Å². The Bertz CT molecular complexity index is 439. The van der Waals surface area contributed by atoms with E-state index in [-0.39, 0.29) is 17.6 Å². The zero-order valence-electron chi connectivity index (χ0n) is 11.1. The summed E-state index contributed by atoms with van der Waals surface area (Å²) in [6, 6.07) is 3.42. The first kappa shape index (κ1) is 13.1.